The van der Waals surface area contributed by atoms with Gasteiger partial charge in [-0.2, -0.15) is 10.5 Å². The lowest BCUT2D eigenvalue weighted by molar-refractivity contribution is -0.136. The van der Waals surface area contributed by atoms with Crippen molar-refractivity contribution in [3.8, 4) is 23.6 Å². The lowest BCUT2D eigenvalue weighted by Gasteiger charge is -2.20. The summed E-state index contributed by atoms with van der Waals surface area (Å²) in [6.07, 6.45) is 0.192. The number of hydrogen-bond acceptors (Lipinski definition) is 6. The molecular formula is C23H24N2O4S. The lowest BCUT2D eigenvalue weighted by atomic mass is 10.1. The van der Waals surface area contributed by atoms with Gasteiger partial charge in [-0.25, -0.2) is 0 Å². The summed E-state index contributed by atoms with van der Waals surface area (Å²) in [5, 5.41) is 28.4. The summed E-state index contributed by atoms with van der Waals surface area (Å²) in [7, 11) is 0. The molecule has 0 amide bonds. The van der Waals surface area contributed by atoms with Crippen LogP contribution in [0.15, 0.2) is 40.1 Å². The quantitative estimate of drug-likeness (QED) is 0.592. The van der Waals surface area contributed by atoms with Crippen LogP contribution in [0.25, 0.3) is 0 Å². The van der Waals surface area contributed by atoms with Crippen LogP contribution in [0, 0.1) is 22.7 Å². The third-order valence-corrected chi connectivity index (χ3v) is 5.05. The van der Waals surface area contributed by atoms with Crippen molar-refractivity contribution in [3.63, 3.8) is 0 Å². The van der Waals surface area contributed by atoms with Crippen LogP contribution in [0.1, 0.15) is 50.8 Å². The van der Waals surface area contributed by atoms with Crippen molar-refractivity contribution in [1.29, 1.82) is 10.5 Å². The first-order valence-electron chi connectivity index (χ1n) is 9.58. The monoisotopic (exact) mass is 424 g/mol. The molecule has 0 aliphatic carbocycles. The van der Waals surface area contributed by atoms with Crippen molar-refractivity contribution < 1.29 is 19.4 Å². The maximum Gasteiger partial charge on any atom is 0.303 e. The molecule has 2 aromatic rings. The van der Waals surface area contributed by atoms with Crippen LogP contribution >= 0.6 is 11.8 Å². The largest absolute Gasteiger partial charge is 0.487 e. The van der Waals surface area contributed by atoms with Crippen molar-refractivity contribution in [2.75, 3.05) is 0 Å². The molecule has 0 aromatic heterocycles. The molecule has 30 heavy (non-hydrogen) atoms. The maximum absolute atomic E-state index is 10.7. The van der Waals surface area contributed by atoms with Crippen LogP contribution in [0.5, 0.6) is 11.5 Å². The van der Waals surface area contributed by atoms with E-state index in [2.05, 4.69) is 12.1 Å². The SMILES string of the molecule is CC(C)Oc1cc(C#N)c(Sc2ccc(CCC(=O)O)cc2)c(C#N)c1OC(C)C. The van der Waals surface area contributed by atoms with Crippen LogP contribution in [-0.4, -0.2) is 23.3 Å². The second kappa shape index (κ2) is 10.6. The first-order valence-corrected chi connectivity index (χ1v) is 10.4. The first kappa shape index (κ1) is 23.1. The third-order valence-electron chi connectivity index (χ3n) is 3.92. The molecule has 0 heterocycles. The number of carbonyl (C=O) groups is 1. The van der Waals surface area contributed by atoms with Gasteiger partial charge in [0.15, 0.2) is 11.5 Å². The highest BCUT2D eigenvalue weighted by molar-refractivity contribution is 7.99. The summed E-state index contributed by atoms with van der Waals surface area (Å²) in [6, 6.07) is 13.4. The Morgan fingerprint density at radius 2 is 1.70 bits per heavy atom. The highest BCUT2D eigenvalue weighted by Crippen LogP contribution is 2.43. The summed E-state index contributed by atoms with van der Waals surface area (Å²) in [4.78, 5) is 12.1. The van der Waals surface area contributed by atoms with Crippen molar-refractivity contribution in [3.05, 3.63) is 47.0 Å². The summed E-state index contributed by atoms with van der Waals surface area (Å²) in [5.74, 6) is -0.131. The first-order chi connectivity index (χ1) is 14.2. The van der Waals surface area contributed by atoms with Gasteiger partial charge in [-0.3, -0.25) is 4.79 Å². The van der Waals surface area contributed by atoms with Crippen LogP contribution in [-0.2, 0) is 11.2 Å². The highest BCUT2D eigenvalue weighted by atomic mass is 32.2. The number of benzene rings is 2. The van der Waals surface area contributed by atoms with Gasteiger partial charge in [0.1, 0.15) is 17.7 Å². The second-order valence-corrected chi connectivity index (χ2v) is 8.24. The molecule has 0 saturated carbocycles. The number of hydrogen-bond donors (Lipinski definition) is 1. The fourth-order valence-corrected chi connectivity index (χ4v) is 3.66. The Balaban J connectivity index is 2.47. The van der Waals surface area contributed by atoms with Gasteiger partial charge < -0.3 is 14.6 Å². The minimum absolute atomic E-state index is 0.0663. The Bertz CT molecular complexity index is 986. The number of nitrogens with zero attached hydrogens (tertiary/aromatic N) is 2. The Hall–Kier alpha value is -3.16. The molecule has 0 radical (unpaired) electrons. The number of aryl methyl sites for hydroxylation is 1. The molecule has 1 N–H and O–H groups in total. The van der Waals surface area contributed by atoms with E-state index in [1.807, 2.05) is 52.0 Å². The van der Waals surface area contributed by atoms with Gasteiger partial charge in [0.05, 0.1) is 22.7 Å². The standard InChI is InChI=1S/C23H24N2O4S/c1-14(2)28-20-11-17(12-24)23(19(13-25)22(20)29-15(3)4)30-18-8-5-16(6-9-18)7-10-21(26)27/h5-6,8-9,11,14-15H,7,10H2,1-4H3,(H,26,27). The number of rotatable bonds is 9. The average molecular weight is 425 g/mol. The minimum Gasteiger partial charge on any atom is -0.487 e. The number of carboxylic acid groups (broad SMARTS) is 1. The van der Waals surface area contributed by atoms with E-state index in [0.29, 0.717) is 28.4 Å². The van der Waals surface area contributed by atoms with E-state index in [1.165, 1.54) is 11.8 Å². The van der Waals surface area contributed by atoms with E-state index in [0.717, 1.165) is 10.5 Å². The zero-order chi connectivity index (χ0) is 22.3. The molecule has 0 spiro atoms. The van der Waals surface area contributed by atoms with Crippen molar-refractivity contribution in [2.24, 2.45) is 0 Å². The van der Waals surface area contributed by atoms with Crippen molar-refractivity contribution >= 4 is 17.7 Å². The topological polar surface area (TPSA) is 103 Å². The van der Waals surface area contributed by atoms with Gasteiger partial charge in [0.2, 0.25) is 0 Å². The van der Waals surface area contributed by atoms with E-state index in [9.17, 15) is 15.3 Å². The summed E-state index contributed by atoms with van der Waals surface area (Å²) in [5.41, 5.74) is 1.50. The minimum atomic E-state index is -0.841. The molecule has 2 aromatic carbocycles. The fraction of sp³-hybridized carbons (Fsp3) is 0.348. The van der Waals surface area contributed by atoms with Gasteiger partial charge in [-0.15, -0.1) is 0 Å². The van der Waals surface area contributed by atoms with Gasteiger partial charge in [0, 0.05) is 17.4 Å². The number of nitriles is 2. The maximum atomic E-state index is 10.7. The molecule has 0 aliphatic heterocycles. The predicted octanol–water partition coefficient (Wildman–Crippen LogP) is 5.17. The normalized spacial score (nSPS) is 10.5. The predicted molar refractivity (Wildman–Crippen MR) is 114 cm³/mol. The molecule has 0 aliphatic rings. The molecule has 0 saturated heterocycles. The Kier molecular flexibility index (Phi) is 8.15. The van der Waals surface area contributed by atoms with Gasteiger partial charge in [0.25, 0.3) is 0 Å². The fourth-order valence-electron chi connectivity index (χ4n) is 2.70. The molecule has 156 valence electrons. The summed E-state index contributed by atoms with van der Waals surface area (Å²) >= 11 is 1.30. The van der Waals surface area contributed by atoms with Crippen LogP contribution in [0.3, 0.4) is 0 Å². The van der Waals surface area contributed by atoms with Crippen LogP contribution in [0.4, 0.5) is 0 Å². The van der Waals surface area contributed by atoms with E-state index < -0.39 is 5.97 Å². The summed E-state index contributed by atoms with van der Waals surface area (Å²) in [6.45, 7) is 7.46. The molecular weight excluding hydrogens is 400 g/mol. The molecule has 0 bridgehead atoms. The third kappa shape index (κ3) is 6.17. The zero-order valence-corrected chi connectivity index (χ0v) is 18.2. The molecule has 7 heteroatoms. The zero-order valence-electron chi connectivity index (χ0n) is 17.4. The Labute approximate surface area is 181 Å². The van der Waals surface area contributed by atoms with Crippen molar-refractivity contribution in [1.82, 2.24) is 0 Å². The summed E-state index contributed by atoms with van der Waals surface area (Å²) < 4.78 is 11.7. The van der Waals surface area contributed by atoms with Crippen molar-refractivity contribution in [2.45, 2.75) is 62.5 Å². The molecule has 6 nitrogen and oxygen atoms in total. The molecule has 0 atom stereocenters. The van der Waals surface area contributed by atoms with Crippen LogP contribution < -0.4 is 9.47 Å². The van der Waals surface area contributed by atoms with E-state index in [1.54, 1.807) is 6.07 Å². The number of aliphatic carboxylic acids is 1. The second-order valence-electron chi connectivity index (χ2n) is 7.15. The Morgan fingerprint density at radius 1 is 1.07 bits per heavy atom. The van der Waals surface area contributed by atoms with Crippen LogP contribution in [0.2, 0.25) is 0 Å². The van der Waals surface area contributed by atoms with E-state index in [-0.39, 0.29) is 24.2 Å². The Morgan fingerprint density at radius 3 is 2.20 bits per heavy atom. The lowest BCUT2D eigenvalue weighted by Crippen LogP contribution is -2.13. The number of ether oxygens (including phenoxy) is 2. The van der Waals surface area contributed by atoms with E-state index >= 15 is 0 Å². The van der Waals surface area contributed by atoms with Gasteiger partial charge in [-0.05, 0) is 51.8 Å². The highest BCUT2D eigenvalue weighted by Gasteiger charge is 2.23. The molecule has 0 fully saturated rings. The average Bonchev–Trinajstić information content (AvgIpc) is 2.68. The molecule has 0 unspecified atom stereocenters. The van der Waals surface area contributed by atoms with E-state index in [4.69, 9.17) is 14.6 Å². The van der Waals surface area contributed by atoms with Gasteiger partial charge >= 0.3 is 5.97 Å². The number of carboxylic acids is 1. The molecule has 2 rings (SSSR count). The smallest absolute Gasteiger partial charge is 0.303 e. The van der Waals surface area contributed by atoms with Gasteiger partial charge in [-0.1, -0.05) is 23.9 Å².